The monoisotopic (exact) mass is 296 g/mol. The minimum atomic E-state index is -0.0542. The highest BCUT2D eigenvalue weighted by atomic mass is 16.5. The van der Waals surface area contributed by atoms with Crippen LogP contribution in [-0.4, -0.2) is 32.8 Å². The number of amides is 1. The zero-order valence-electron chi connectivity index (χ0n) is 13.1. The Bertz CT molecular complexity index is 450. The van der Waals surface area contributed by atoms with Gasteiger partial charge in [-0.2, -0.15) is 0 Å². The highest BCUT2D eigenvalue weighted by Gasteiger charge is 2.14. The van der Waals surface area contributed by atoms with Gasteiger partial charge in [0.25, 0.3) is 0 Å². The highest BCUT2D eigenvalue weighted by Crippen LogP contribution is 2.38. The van der Waals surface area contributed by atoms with Crippen molar-refractivity contribution in [3.05, 3.63) is 17.7 Å². The largest absolute Gasteiger partial charge is 0.493 e. The summed E-state index contributed by atoms with van der Waals surface area (Å²) in [5.41, 5.74) is 6.51. The summed E-state index contributed by atoms with van der Waals surface area (Å²) in [5.74, 6) is 1.51. The third kappa shape index (κ3) is 5.15. The van der Waals surface area contributed by atoms with Crippen LogP contribution in [0.15, 0.2) is 12.1 Å². The van der Waals surface area contributed by atoms with Crippen LogP contribution in [0.4, 0.5) is 0 Å². The highest BCUT2D eigenvalue weighted by molar-refractivity contribution is 5.76. The van der Waals surface area contributed by atoms with Crippen molar-refractivity contribution >= 4 is 5.91 Å². The maximum absolute atomic E-state index is 11.6. The van der Waals surface area contributed by atoms with Crippen molar-refractivity contribution in [2.24, 2.45) is 5.73 Å². The van der Waals surface area contributed by atoms with Gasteiger partial charge in [0.2, 0.25) is 11.7 Å². The fourth-order valence-electron chi connectivity index (χ4n) is 1.83. The van der Waals surface area contributed by atoms with E-state index >= 15 is 0 Å². The fraction of sp³-hybridized carbons (Fsp3) is 0.533. The smallest absolute Gasteiger partial charge is 0.223 e. The first-order valence-corrected chi connectivity index (χ1v) is 6.89. The van der Waals surface area contributed by atoms with Gasteiger partial charge in [-0.05, 0) is 31.5 Å². The van der Waals surface area contributed by atoms with Crippen molar-refractivity contribution in [2.45, 2.75) is 32.9 Å². The summed E-state index contributed by atoms with van der Waals surface area (Å²) in [4.78, 5) is 11.6. The lowest BCUT2D eigenvalue weighted by Gasteiger charge is -2.16. The number of benzene rings is 1. The van der Waals surface area contributed by atoms with Crippen LogP contribution >= 0.6 is 0 Å². The van der Waals surface area contributed by atoms with Crippen molar-refractivity contribution < 1.29 is 19.0 Å². The predicted octanol–water partition coefficient (Wildman–Crippen LogP) is 1.46. The van der Waals surface area contributed by atoms with E-state index in [1.54, 1.807) is 26.4 Å². The minimum absolute atomic E-state index is 0.0542. The molecule has 6 nitrogen and oxygen atoms in total. The average Bonchev–Trinajstić information content (AvgIpc) is 2.46. The maximum atomic E-state index is 11.6. The summed E-state index contributed by atoms with van der Waals surface area (Å²) in [6, 6.07) is 3.71. The summed E-state index contributed by atoms with van der Waals surface area (Å²) in [6.07, 6.45) is 0.267. The number of ether oxygens (including phenoxy) is 3. The molecule has 1 aromatic rings. The van der Waals surface area contributed by atoms with Gasteiger partial charge in [0.05, 0.1) is 27.2 Å². The number of hydrogen-bond acceptors (Lipinski definition) is 5. The topological polar surface area (TPSA) is 82.8 Å². The minimum Gasteiger partial charge on any atom is -0.493 e. The van der Waals surface area contributed by atoms with E-state index < -0.39 is 0 Å². The van der Waals surface area contributed by atoms with E-state index in [0.29, 0.717) is 23.8 Å². The third-order valence-corrected chi connectivity index (χ3v) is 2.78. The number of nitrogens with two attached hydrogens (primary N) is 1. The molecule has 0 aliphatic carbocycles. The van der Waals surface area contributed by atoms with Gasteiger partial charge in [0.15, 0.2) is 11.5 Å². The Kier molecular flexibility index (Phi) is 6.81. The van der Waals surface area contributed by atoms with Gasteiger partial charge in [-0.25, -0.2) is 0 Å². The Balaban J connectivity index is 2.75. The Morgan fingerprint density at radius 2 is 1.81 bits per heavy atom. The second-order valence-electron chi connectivity index (χ2n) is 4.85. The van der Waals surface area contributed by atoms with Crippen LogP contribution in [-0.2, 0) is 11.3 Å². The molecular weight excluding hydrogens is 272 g/mol. The van der Waals surface area contributed by atoms with Gasteiger partial charge in [0.1, 0.15) is 0 Å². The zero-order valence-corrected chi connectivity index (χ0v) is 13.1. The third-order valence-electron chi connectivity index (χ3n) is 2.78. The van der Waals surface area contributed by atoms with Gasteiger partial charge >= 0.3 is 0 Å². The summed E-state index contributed by atoms with van der Waals surface area (Å²) in [7, 11) is 3.10. The number of carbonyl (C=O) groups is 1. The average molecular weight is 296 g/mol. The summed E-state index contributed by atoms with van der Waals surface area (Å²) >= 11 is 0. The predicted molar refractivity (Wildman–Crippen MR) is 80.8 cm³/mol. The summed E-state index contributed by atoms with van der Waals surface area (Å²) in [6.45, 7) is 4.45. The Labute approximate surface area is 125 Å². The van der Waals surface area contributed by atoms with Crippen molar-refractivity contribution in [1.29, 1.82) is 0 Å². The van der Waals surface area contributed by atoms with Crippen LogP contribution in [0.2, 0.25) is 0 Å². The lowest BCUT2D eigenvalue weighted by Crippen LogP contribution is -2.31. The van der Waals surface area contributed by atoms with E-state index in [1.807, 2.05) is 13.8 Å². The van der Waals surface area contributed by atoms with Crippen LogP contribution in [0.3, 0.4) is 0 Å². The first-order valence-electron chi connectivity index (χ1n) is 6.89. The zero-order chi connectivity index (χ0) is 15.8. The molecule has 1 amide bonds. The molecular formula is C15H24N2O4. The molecule has 1 aromatic carbocycles. The van der Waals surface area contributed by atoms with Gasteiger partial charge in [-0.3, -0.25) is 4.79 Å². The Morgan fingerprint density at radius 1 is 1.24 bits per heavy atom. The lowest BCUT2D eigenvalue weighted by molar-refractivity contribution is -0.122. The molecule has 0 saturated carbocycles. The molecule has 0 aliphatic rings. The van der Waals surface area contributed by atoms with E-state index in [1.165, 1.54) is 0 Å². The molecule has 0 aliphatic heterocycles. The summed E-state index contributed by atoms with van der Waals surface area (Å²) in [5, 5.41) is 2.81. The Morgan fingerprint density at radius 3 is 2.24 bits per heavy atom. The van der Waals surface area contributed by atoms with E-state index in [4.69, 9.17) is 19.9 Å². The number of rotatable bonds is 8. The molecule has 0 atom stereocenters. The number of carbonyl (C=O) groups excluding carboxylic acids is 1. The van der Waals surface area contributed by atoms with E-state index in [-0.39, 0.29) is 25.0 Å². The van der Waals surface area contributed by atoms with Crippen LogP contribution < -0.4 is 25.3 Å². The molecule has 0 radical (unpaired) electrons. The van der Waals surface area contributed by atoms with E-state index in [9.17, 15) is 4.79 Å². The molecule has 0 bridgehead atoms. The number of hydrogen-bond donors (Lipinski definition) is 2. The molecule has 0 heterocycles. The number of methoxy groups -OCH3 is 2. The number of nitrogens with one attached hydrogen (secondary N) is 1. The summed E-state index contributed by atoms with van der Waals surface area (Å²) < 4.78 is 16.2. The molecule has 1 rings (SSSR count). The first-order chi connectivity index (χ1) is 10.0. The van der Waals surface area contributed by atoms with Crippen molar-refractivity contribution in [3.63, 3.8) is 0 Å². The molecule has 0 saturated heterocycles. The molecule has 0 spiro atoms. The Hall–Kier alpha value is -1.95. The van der Waals surface area contributed by atoms with Gasteiger partial charge in [-0.15, -0.1) is 0 Å². The van der Waals surface area contributed by atoms with Gasteiger partial charge in [-0.1, -0.05) is 0 Å². The van der Waals surface area contributed by atoms with Gasteiger partial charge in [0, 0.05) is 12.6 Å². The molecule has 0 fully saturated rings. The van der Waals surface area contributed by atoms with E-state index in [2.05, 4.69) is 5.32 Å². The first kappa shape index (κ1) is 17.1. The normalized spacial score (nSPS) is 10.4. The SMILES string of the molecule is COc1cc(CN)cc(OC)c1OCCC(=O)NC(C)C. The van der Waals surface area contributed by atoms with Crippen molar-refractivity contribution in [3.8, 4) is 17.2 Å². The van der Waals surface area contributed by atoms with Crippen LogP contribution in [0.5, 0.6) is 17.2 Å². The quantitative estimate of drug-likeness (QED) is 0.759. The molecule has 21 heavy (non-hydrogen) atoms. The fourth-order valence-corrected chi connectivity index (χ4v) is 1.83. The van der Waals surface area contributed by atoms with Crippen LogP contribution in [0.25, 0.3) is 0 Å². The molecule has 3 N–H and O–H groups in total. The lowest BCUT2D eigenvalue weighted by atomic mass is 10.2. The van der Waals surface area contributed by atoms with Crippen LogP contribution in [0.1, 0.15) is 25.8 Å². The van der Waals surface area contributed by atoms with Crippen LogP contribution in [0, 0.1) is 0 Å². The molecule has 0 aromatic heterocycles. The van der Waals surface area contributed by atoms with E-state index in [0.717, 1.165) is 5.56 Å². The molecule has 6 heteroatoms. The molecule has 118 valence electrons. The standard InChI is InChI=1S/C15H24N2O4/c1-10(2)17-14(18)5-6-21-15-12(19-3)7-11(9-16)8-13(15)20-4/h7-8,10H,5-6,9,16H2,1-4H3,(H,17,18). The van der Waals surface area contributed by atoms with Crippen molar-refractivity contribution in [2.75, 3.05) is 20.8 Å². The van der Waals surface area contributed by atoms with Gasteiger partial charge < -0.3 is 25.3 Å². The van der Waals surface area contributed by atoms with Crippen molar-refractivity contribution in [1.82, 2.24) is 5.32 Å². The molecule has 0 unspecified atom stereocenters. The maximum Gasteiger partial charge on any atom is 0.223 e. The second-order valence-corrected chi connectivity index (χ2v) is 4.85. The second kappa shape index (κ2) is 8.36.